The number of allylic oxidation sites excluding steroid dienone is 1. The van der Waals surface area contributed by atoms with Crippen LogP contribution in [0.3, 0.4) is 0 Å². The molecule has 0 fully saturated rings. The van der Waals surface area contributed by atoms with Gasteiger partial charge >= 0.3 is 0 Å². The second kappa shape index (κ2) is 7.14. The number of rotatable bonds is 5. The molecule has 0 aromatic heterocycles. The molecule has 2 aromatic rings. The number of aliphatic imine (C=N–C) groups is 1. The third-order valence-electron chi connectivity index (χ3n) is 2.75. The highest BCUT2D eigenvalue weighted by Gasteiger charge is 2.03. The van der Waals surface area contributed by atoms with Gasteiger partial charge in [-0.3, -0.25) is 4.99 Å². The number of amidine groups is 1. The summed E-state index contributed by atoms with van der Waals surface area (Å²) in [6.45, 7) is 2.22. The van der Waals surface area contributed by atoms with Crippen LogP contribution in [-0.4, -0.2) is 5.84 Å². The lowest BCUT2D eigenvalue weighted by atomic mass is 10.2. The van der Waals surface area contributed by atoms with E-state index >= 15 is 0 Å². The molecule has 0 heterocycles. The lowest BCUT2D eigenvalue weighted by Crippen LogP contribution is -2.11. The first-order valence-electron chi connectivity index (χ1n) is 6.69. The molecule has 0 radical (unpaired) electrons. The fraction of sp³-hybridized carbons (Fsp3) is 0.118. The summed E-state index contributed by atoms with van der Waals surface area (Å²) in [5, 5.41) is 0. The number of nitrogens with zero attached hydrogens (tertiary/aromatic N) is 1. The van der Waals surface area contributed by atoms with Crippen LogP contribution in [0.15, 0.2) is 71.4 Å². The van der Waals surface area contributed by atoms with Gasteiger partial charge in [-0.05, 0) is 31.2 Å². The molecule has 4 heteroatoms. The lowest BCUT2D eigenvalue weighted by molar-refractivity contribution is 0.476. The van der Waals surface area contributed by atoms with Crippen molar-refractivity contribution < 1.29 is 4.74 Å². The van der Waals surface area contributed by atoms with E-state index in [9.17, 15) is 0 Å². The van der Waals surface area contributed by atoms with Crippen LogP contribution in [-0.2, 0) is 6.54 Å². The highest BCUT2D eigenvalue weighted by Crippen LogP contribution is 2.25. The van der Waals surface area contributed by atoms with Gasteiger partial charge in [0.25, 0.3) is 0 Å². The number of nitrogens with two attached hydrogens (primary N) is 2. The molecular weight excluding hydrogens is 262 g/mol. The minimum Gasteiger partial charge on any atom is -0.457 e. The summed E-state index contributed by atoms with van der Waals surface area (Å²) in [4.78, 5) is 4.29. The van der Waals surface area contributed by atoms with Crippen LogP contribution >= 0.6 is 0 Å². The van der Waals surface area contributed by atoms with E-state index in [1.165, 1.54) is 0 Å². The standard InChI is InChI=1S/C17H19N3O/c1-13(18)11-17(19)20-12-14-7-5-6-10-16(14)21-15-8-3-2-4-9-15/h2-11H,12,18H2,1H3,(H2,19,20). The largest absolute Gasteiger partial charge is 0.457 e. The highest BCUT2D eigenvalue weighted by molar-refractivity contribution is 5.91. The molecule has 0 amide bonds. The Hall–Kier alpha value is -2.75. The van der Waals surface area contributed by atoms with Crippen molar-refractivity contribution in [1.29, 1.82) is 0 Å². The zero-order valence-corrected chi connectivity index (χ0v) is 12.0. The summed E-state index contributed by atoms with van der Waals surface area (Å²) >= 11 is 0. The zero-order chi connectivity index (χ0) is 15.1. The van der Waals surface area contributed by atoms with Gasteiger partial charge in [0.15, 0.2) is 0 Å². The second-order valence-corrected chi connectivity index (χ2v) is 4.65. The Balaban J connectivity index is 2.16. The van der Waals surface area contributed by atoms with Crippen molar-refractivity contribution in [1.82, 2.24) is 0 Å². The molecule has 0 saturated carbocycles. The molecule has 0 aliphatic rings. The van der Waals surface area contributed by atoms with Gasteiger partial charge in [-0.15, -0.1) is 0 Å². The van der Waals surface area contributed by atoms with Gasteiger partial charge in [0.05, 0.1) is 6.54 Å². The molecule has 0 atom stereocenters. The predicted octanol–water partition coefficient (Wildman–Crippen LogP) is 3.20. The van der Waals surface area contributed by atoms with Crippen LogP contribution in [0.1, 0.15) is 12.5 Å². The second-order valence-electron chi connectivity index (χ2n) is 4.65. The van der Waals surface area contributed by atoms with Crippen molar-refractivity contribution in [2.45, 2.75) is 13.5 Å². The minimum atomic E-state index is 0.407. The SMILES string of the molecule is CC(N)=CC(N)=NCc1ccccc1Oc1ccccc1. The first-order valence-corrected chi connectivity index (χ1v) is 6.69. The smallest absolute Gasteiger partial charge is 0.132 e. The zero-order valence-electron chi connectivity index (χ0n) is 12.0. The molecule has 0 bridgehead atoms. The third kappa shape index (κ3) is 4.69. The van der Waals surface area contributed by atoms with Gasteiger partial charge in [-0.25, -0.2) is 0 Å². The van der Waals surface area contributed by atoms with E-state index in [-0.39, 0.29) is 0 Å². The van der Waals surface area contributed by atoms with Crippen molar-refractivity contribution in [3.8, 4) is 11.5 Å². The van der Waals surface area contributed by atoms with E-state index in [1.54, 1.807) is 13.0 Å². The average Bonchev–Trinajstić information content (AvgIpc) is 2.47. The summed E-state index contributed by atoms with van der Waals surface area (Å²) < 4.78 is 5.87. The maximum Gasteiger partial charge on any atom is 0.132 e. The van der Waals surface area contributed by atoms with Crippen LogP contribution in [0.5, 0.6) is 11.5 Å². The van der Waals surface area contributed by atoms with E-state index in [2.05, 4.69) is 4.99 Å². The number of hydrogen-bond donors (Lipinski definition) is 2. The summed E-state index contributed by atoms with van der Waals surface area (Å²) in [5.41, 5.74) is 12.9. The van der Waals surface area contributed by atoms with Gasteiger partial charge in [-0.1, -0.05) is 36.4 Å². The lowest BCUT2D eigenvalue weighted by Gasteiger charge is -2.09. The van der Waals surface area contributed by atoms with Crippen molar-refractivity contribution >= 4 is 5.84 Å². The fourth-order valence-corrected chi connectivity index (χ4v) is 1.80. The molecular formula is C17H19N3O. The fourth-order valence-electron chi connectivity index (χ4n) is 1.80. The Kier molecular flexibility index (Phi) is 4.99. The Labute approximate surface area is 124 Å². The maximum atomic E-state index is 5.87. The number of hydrogen-bond acceptors (Lipinski definition) is 3. The number of benzene rings is 2. The van der Waals surface area contributed by atoms with Crippen molar-refractivity contribution in [3.63, 3.8) is 0 Å². The summed E-state index contributed by atoms with van der Waals surface area (Å²) in [6.07, 6.45) is 1.64. The first kappa shape index (κ1) is 14.7. The maximum absolute atomic E-state index is 5.87. The van der Waals surface area contributed by atoms with Crippen LogP contribution in [0.2, 0.25) is 0 Å². The van der Waals surface area contributed by atoms with Crippen molar-refractivity contribution in [2.75, 3.05) is 0 Å². The normalized spacial score (nSPS) is 12.2. The molecule has 0 unspecified atom stereocenters. The average molecular weight is 281 g/mol. The Morgan fingerprint density at radius 3 is 2.43 bits per heavy atom. The van der Waals surface area contributed by atoms with Gasteiger partial charge in [0.1, 0.15) is 17.3 Å². The molecule has 0 aliphatic heterocycles. The van der Waals surface area contributed by atoms with E-state index in [0.717, 1.165) is 17.1 Å². The van der Waals surface area contributed by atoms with E-state index in [4.69, 9.17) is 16.2 Å². The summed E-state index contributed by atoms with van der Waals surface area (Å²) in [6, 6.07) is 17.4. The molecule has 108 valence electrons. The van der Waals surface area contributed by atoms with Gasteiger partial charge < -0.3 is 16.2 Å². The van der Waals surface area contributed by atoms with E-state index in [1.807, 2.05) is 54.6 Å². The van der Waals surface area contributed by atoms with Crippen LogP contribution in [0.4, 0.5) is 0 Å². The van der Waals surface area contributed by atoms with Crippen molar-refractivity contribution in [2.24, 2.45) is 16.5 Å². The number of para-hydroxylation sites is 2. The summed E-state index contributed by atoms with van der Waals surface area (Å²) in [5.74, 6) is 1.97. The molecule has 2 aromatic carbocycles. The molecule has 0 spiro atoms. The molecule has 2 rings (SSSR count). The Morgan fingerprint density at radius 1 is 1.05 bits per heavy atom. The Bertz CT molecular complexity index is 644. The van der Waals surface area contributed by atoms with E-state index in [0.29, 0.717) is 18.1 Å². The highest BCUT2D eigenvalue weighted by atomic mass is 16.5. The molecule has 0 saturated heterocycles. The molecule has 21 heavy (non-hydrogen) atoms. The van der Waals surface area contributed by atoms with Gasteiger partial charge in [-0.2, -0.15) is 0 Å². The van der Waals surface area contributed by atoms with Gasteiger partial charge in [0.2, 0.25) is 0 Å². The van der Waals surface area contributed by atoms with Crippen LogP contribution < -0.4 is 16.2 Å². The van der Waals surface area contributed by atoms with Crippen LogP contribution in [0.25, 0.3) is 0 Å². The molecule has 4 nitrogen and oxygen atoms in total. The molecule has 4 N–H and O–H groups in total. The Morgan fingerprint density at radius 2 is 1.71 bits per heavy atom. The topological polar surface area (TPSA) is 73.6 Å². The van der Waals surface area contributed by atoms with Crippen molar-refractivity contribution in [3.05, 3.63) is 71.9 Å². The quantitative estimate of drug-likeness (QED) is 0.653. The monoisotopic (exact) mass is 281 g/mol. The van der Waals surface area contributed by atoms with E-state index < -0.39 is 0 Å². The number of ether oxygens (including phenoxy) is 1. The minimum absolute atomic E-state index is 0.407. The predicted molar refractivity (Wildman–Crippen MR) is 86.2 cm³/mol. The van der Waals surface area contributed by atoms with Crippen LogP contribution in [0, 0.1) is 0 Å². The first-order chi connectivity index (χ1) is 10.1. The summed E-state index contributed by atoms with van der Waals surface area (Å²) in [7, 11) is 0. The van der Waals surface area contributed by atoms with Gasteiger partial charge in [0, 0.05) is 11.3 Å². The molecule has 0 aliphatic carbocycles. The third-order valence-corrected chi connectivity index (χ3v) is 2.75.